The van der Waals surface area contributed by atoms with Gasteiger partial charge in [0.15, 0.2) is 0 Å². The van der Waals surface area contributed by atoms with Crippen molar-refractivity contribution < 1.29 is 14.3 Å². The van der Waals surface area contributed by atoms with E-state index in [2.05, 4.69) is 57.7 Å². The third-order valence-corrected chi connectivity index (χ3v) is 10.4. The van der Waals surface area contributed by atoms with E-state index < -0.39 is 18.0 Å². The van der Waals surface area contributed by atoms with Gasteiger partial charge in [0.2, 0.25) is 0 Å². The van der Waals surface area contributed by atoms with Gasteiger partial charge in [-0.25, -0.2) is 9.07 Å². The van der Waals surface area contributed by atoms with Gasteiger partial charge in [0.05, 0.1) is 51.2 Å². The van der Waals surface area contributed by atoms with Crippen LogP contribution in [0, 0.1) is 17.1 Å². The molecule has 1 unspecified atom stereocenters. The molecule has 2 fully saturated rings. The fraction of sp³-hybridized carbons (Fsp3) is 0.342. The van der Waals surface area contributed by atoms with Crippen molar-refractivity contribution in [2.45, 2.75) is 57.3 Å². The highest BCUT2D eigenvalue weighted by Crippen LogP contribution is 2.38. The first-order valence-corrected chi connectivity index (χ1v) is 17.9. The maximum absolute atomic E-state index is 14.0. The van der Waals surface area contributed by atoms with Gasteiger partial charge in [-0.1, -0.05) is 40.5 Å². The van der Waals surface area contributed by atoms with Gasteiger partial charge in [-0.3, -0.25) is 14.7 Å². The molecule has 2 saturated heterocycles. The van der Waals surface area contributed by atoms with Crippen molar-refractivity contribution in [3.63, 3.8) is 0 Å². The molecule has 3 aromatic carbocycles. The molecule has 3 N–H and O–H groups in total. The van der Waals surface area contributed by atoms with E-state index in [1.807, 2.05) is 35.1 Å². The third-order valence-electron chi connectivity index (χ3n) is 9.77. The summed E-state index contributed by atoms with van der Waals surface area (Å²) < 4.78 is 15.9. The summed E-state index contributed by atoms with van der Waals surface area (Å²) in [5, 5.41) is 36.7. The Labute approximate surface area is 311 Å². The largest absolute Gasteiger partial charge is 0.389 e. The monoisotopic (exact) mass is 741 g/mol. The molecule has 2 aromatic heterocycles. The maximum atomic E-state index is 14.0. The molecule has 11 nitrogen and oxygen atoms in total. The number of benzene rings is 3. The number of pyridine rings is 1. The molecule has 1 amide bonds. The SMILES string of the molecule is CC(C)(C)N1CCC(n2cc(C(Nc3cc(Cl)c4ncc(C#N)c(Nc5ccc(F)c(Cl)c5)c4c3)c3cccc(C(=O)N4CC(O)C4)c3)nn2)CC1. The molecule has 14 heteroatoms. The highest BCUT2D eigenvalue weighted by Gasteiger charge is 2.31. The average molecular weight is 743 g/mol. The summed E-state index contributed by atoms with van der Waals surface area (Å²) in [6.45, 7) is 9.18. The van der Waals surface area contributed by atoms with Crippen LogP contribution >= 0.6 is 23.2 Å². The van der Waals surface area contributed by atoms with Gasteiger partial charge in [-0.2, -0.15) is 5.26 Å². The second-order valence-electron chi connectivity index (χ2n) is 14.3. The summed E-state index contributed by atoms with van der Waals surface area (Å²) in [5.41, 5.74) is 4.18. The Hall–Kier alpha value is -4.80. The Bertz CT molecular complexity index is 2180. The van der Waals surface area contributed by atoms with Crippen molar-refractivity contribution in [3.05, 3.63) is 105 Å². The number of aliphatic hydroxyl groups is 1. The smallest absolute Gasteiger partial charge is 0.254 e. The topological polar surface area (TPSA) is 135 Å². The number of carbonyl (C=O) groups is 1. The molecule has 0 radical (unpaired) electrons. The highest BCUT2D eigenvalue weighted by atomic mass is 35.5. The lowest BCUT2D eigenvalue weighted by molar-refractivity contribution is 0.00589. The van der Waals surface area contributed by atoms with Gasteiger partial charge in [-0.05, 0) is 81.6 Å². The predicted molar refractivity (Wildman–Crippen MR) is 200 cm³/mol. The van der Waals surface area contributed by atoms with Crippen molar-refractivity contribution in [2.75, 3.05) is 36.8 Å². The van der Waals surface area contributed by atoms with Gasteiger partial charge < -0.3 is 20.6 Å². The number of halogens is 3. The van der Waals surface area contributed by atoms with Crippen molar-refractivity contribution in [2.24, 2.45) is 0 Å². The minimum atomic E-state index is -0.564. The number of hydrogen-bond donors (Lipinski definition) is 3. The Morgan fingerprint density at radius 3 is 2.50 bits per heavy atom. The number of β-amino-alcohol motifs (C(OH)–C–C–N with tert-alkyl or cyclic N) is 1. The van der Waals surface area contributed by atoms with E-state index in [9.17, 15) is 19.6 Å². The van der Waals surface area contributed by atoms with E-state index in [4.69, 9.17) is 23.2 Å². The van der Waals surface area contributed by atoms with Crippen LogP contribution in [0.1, 0.15) is 72.9 Å². The third kappa shape index (κ3) is 7.27. The van der Waals surface area contributed by atoms with Crippen LogP contribution in [-0.4, -0.2) is 78.6 Å². The van der Waals surface area contributed by atoms with Crippen LogP contribution < -0.4 is 10.6 Å². The molecule has 268 valence electrons. The van der Waals surface area contributed by atoms with Crippen molar-refractivity contribution in [1.29, 1.82) is 5.26 Å². The number of nitriles is 1. The van der Waals surface area contributed by atoms with Crippen molar-refractivity contribution in [1.82, 2.24) is 29.8 Å². The van der Waals surface area contributed by atoms with Gasteiger partial charge >= 0.3 is 0 Å². The standard InChI is InChI=1S/C38H38Cl2FN9O2/c1-38(2,3)49-11-9-27(10-12-49)50-21-33(46-47-50)35(22-5-4-6-23(13-22)37(52)48-19-28(51)20-48)45-26-14-29-34(44-25-7-8-32(41)30(39)15-25)24(17-42)18-43-36(29)31(40)16-26/h4-8,13-16,18,21,27-28,35,45,51H,9-12,19-20H2,1-3H3,(H,43,44). The molecule has 7 rings (SSSR count). The molecule has 1 atom stereocenters. The first kappa shape index (κ1) is 35.6. The Morgan fingerprint density at radius 1 is 1.06 bits per heavy atom. The second kappa shape index (κ2) is 14.3. The Morgan fingerprint density at radius 2 is 1.81 bits per heavy atom. The fourth-order valence-electron chi connectivity index (χ4n) is 6.83. The first-order chi connectivity index (χ1) is 24.9. The van der Waals surface area contributed by atoms with Crippen LogP contribution in [0.2, 0.25) is 10.0 Å². The minimum Gasteiger partial charge on any atom is -0.389 e. The highest BCUT2D eigenvalue weighted by molar-refractivity contribution is 6.36. The average Bonchev–Trinajstić information content (AvgIpc) is 3.61. The molecule has 0 saturated carbocycles. The Balaban J connectivity index is 1.26. The molecule has 2 aliphatic heterocycles. The lowest BCUT2D eigenvalue weighted by Crippen LogP contribution is -2.53. The Kier molecular flexibility index (Phi) is 9.80. The molecule has 4 heterocycles. The van der Waals surface area contributed by atoms with Crippen LogP contribution in [0.3, 0.4) is 0 Å². The molecule has 52 heavy (non-hydrogen) atoms. The summed E-state index contributed by atoms with van der Waals surface area (Å²) in [7, 11) is 0. The van der Waals surface area contributed by atoms with E-state index in [0.29, 0.717) is 57.3 Å². The first-order valence-electron chi connectivity index (χ1n) is 17.1. The minimum absolute atomic E-state index is 0.0658. The number of likely N-dealkylation sites (tertiary alicyclic amines) is 2. The maximum Gasteiger partial charge on any atom is 0.254 e. The molecular formula is C38H38Cl2FN9O2. The van der Waals surface area contributed by atoms with E-state index in [1.54, 1.807) is 17.0 Å². The van der Waals surface area contributed by atoms with Crippen molar-refractivity contribution in [3.8, 4) is 6.07 Å². The van der Waals surface area contributed by atoms with Crippen LogP contribution in [-0.2, 0) is 0 Å². The molecular weight excluding hydrogens is 704 g/mol. The number of hydrogen-bond acceptors (Lipinski definition) is 9. The van der Waals surface area contributed by atoms with Crippen molar-refractivity contribution >= 4 is 57.1 Å². The number of nitrogens with one attached hydrogen (secondary N) is 2. The number of amides is 1. The van der Waals surface area contributed by atoms with Crippen LogP contribution in [0.4, 0.5) is 21.5 Å². The fourth-order valence-corrected chi connectivity index (χ4v) is 7.28. The summed E-state index contributed by atoms with van der Waals surface area (Å²) in [6.07, 6.45) is 4.75. The number of rotatable bonds is 8. The lowest BCUT2D eigenvalue weighted by atomic mass is 9.98. The number of anilines is 3. The second-order valence-corrected chi connectivity index (χ2v) is 15.2. The molecule has 5 aromatic rings. The summed E-state index contributed by atoms with van der Waals surface area (Å²) in [5.74, 6) is -0.728. The molecule has 0 spiro atoms. The number of nitrogens with zero attached hydrogens (tertiary/aromatic N) is 7. The van der Waals surface area contributed by atoms with E-state index in [-0.39, 0.29) is 28.1 Å². The van der Waals surface area contributed by atoms with Gasteiger partial charge in [0.1, 0.15) is 17.6 Å². The number of fused-ring (bicyclic) bond motifs is 1. The van der Waals surface area contributed by atoms with Gasteiger partial charge in [-0.15, -0.1) is 5.10 Å². The van der Waals surface area contributed by atoms with Gasteiger partial charge in [0, 0.05) is 60.2 Å². The van der Waals surface area contributed by atoms with E-state index >= 15 is 0 Å². The van der Waals surface area contributed by atoms with Crippen LogP contribution in [0.5, 0.6) is 0 Å². The summed E-state index contributed by atoms with van der Waals surface area (Å²) >= 11 is 12.9. The van der Waals surface area contributed by atoms with Crippen LogP contribution in [0.15, 0.2) is 67.0 Å². The quantitative estimate of drug-likeness (QED) is 0.149. The van der Waals surface area contributed by atoms with E-state index in [0.717, 1.165) is 31.5 Å². The van der Waals surface area contributed by atoms with E-state index in [1.165, 1.54) is 24.4 Å². The summed E-state index contributed by atoms with van der Waals surface area (Å²) in [6, 6.07) is 16.9. The lowest BCUT2D eigenvalue weighted by Gasteiger charge is -2.40. The van der Waals surface area contributed by atoms with Gasteiger partial charge in [0.25, 0.3) is 5.91 Å². The number of aliphatic hydroxyl groups excluding tert-OH is 1. The van der Waals surface area contributed by atoms with Crippen LogP contribution in [0.25, 0.3) is 10.9 Å². The molecule has 0 aliphatic carbocycles. The zero-order chi connectivity index (χ0) is 36.7. The normalized spacial score (nSPS) is 16.4. The molecule has 0 bridgehead atoms. The predicted octanol–water partition coefficient (Wildman–Crippen LogP) is 7.34. The molecule has 2 aliphatic rings. The summed E-state index contributed by atoms with van der Waals surface area (Å²) in [4.78, 5) is 21.9. The zero-order valence-corrected chi connectivity index (χ0v) is 30.5. The number of aromatic nitrogens is 4. The number of piperidine rings is 1. The number of carbonyl (C=O) groups excluding carboxylic acids is 1. The zero-order valence-electron chi connectivity index (χ0n) is 28.9.